The Morgan fingerprint density at radius 3 is 2.58 bits per heavy atom. The van der Waals surface area contributed by atoms with E-state index in [1.807, 2.05) is 54.6 Å². The molecule has 0 fully saturated rings. The largest absolute Gasteiger partial charge is 0.497 e. The third-order valence-corrected chi connectivity index (χ3v) is 3.53. The maximum absolute atomic E-state index is 12.1. The summed E-state index contributed by atoms with van der Waals surface area (Å²) in [5.74, 6) is 0.509. The van der Waals surface area contributed by atoms with E-state index in [4.69, 9.17) is 4.74 Å². The smallest absolute Gasteiger partial charge is 0.272 e. The molecule has 2 aromatic carbocycles. The predicted octanol–water partition coefficient (Wildman–Crippen LogP) is 3.45. The number of benzene rings is 2. The van der Waals surface area contributed by atoms with Crippen molar-refractivity contribution in [1.82, 2.24) is 10.4 Å². The minimum atomic E-state index is -0.266. The van der Waals surface area contributed by atoms with E-state index in [9.17, 15) is 4.79 Å². The average Bonchev–Trinajstić information content (AvgIpc) is 3.13. The van der Waals surface area contributed by atoms with Crippen molar-refractivity contribution in [3.05, 3.63) is 78.0 Å². The molecule has 0 bridgehead atoms. The van der Waals surface area contributed by atoms with Gasteiger partial charge >= 0.3 is 0 Å². The monoisotopic (exact) mass is 319 g/mol. The number of nitrogens with one attached hydrogen (secondary N) is 2. The van der Waals surface area contributed by atoms with Crippen molar-refractivity contribution in [3.63, 3.8) is 0 Å². The van der Waals surface area contributed by atoms with Crippen molar-refractivity contribution < 1.29 is 9.53 Å². The number of rotatable bonds is 5. The molecule has 3 aromatic rings. The zero-order valence-electron chi connectivity index (χ0n) is 13.2. The van der Waals surface area contributed by atoms with Crippen molar-refractivity contribution in [1.29, 1.82) is 0 Å². The van der Waals surface area contributed by atoms with Crippen LogP contribution in [0.15, 0.2) is 72.0 Å². The lowest BCUT2D eigenvalue weighted by atomic mass is 10.1. The number of carbonyl (C=O) groups is 1. The lowest BCUT2D eigenvalue weighted by molar-refractivity contribution is 0.0955. The van der Waals surface area contributed by atoms with Crippen LogP contribution in [0.1, 0.15) is 15.9 Å². The Kier molecular flexibility index (Phi) is 4.72. The standard InChI is InChI=1S/C19H17N3O2/c1-24-17-9-7-14(8-10-17)12-21-22-19(23)16-11-18(20-13-16)15-5-3-2-4-6-15/h2-13,20H,1H3,(H,22,23)/b21-12+. The van der Waals surface area contributed by atoms with Crippen LogP contribution in [0.4, 0.5) is 0 Å². The van der Waals surface area contributed by atoms with Gasteiger partial charge in [-0.3, -0.25) is 4.79 Å². The number of hydrogen-bond acceptors (Lipinski definition) is 3. The second-order valence-electron chi connectivity index (χ2n) is 5.14. The minimum absolute atomic E-state index is 0.266. The SMILES string of the molecule is COc1ccc(/C=N/NC(=O)c2c[nH]c(-c3ccccc3)c2)cc1. The highest BCUT2D eigenvalue weighted by atomic mass is 16.5. The van der Waals surface area contributed by atoms with Crippen molar-refractivity contribution >= 4 is 12.1 Å². The van der Waals surface area contributed by atoms with Gasteiger partial charge in [-0.25, -0.2) is 5.43 Å². The fourth-order valence-corrected chi connectivity index (χ4v) is 2.23. The first-order valence-corrected chi connectivity index (χ1v) is 7.47. The van der Waals surface area contributed by atoms with E-state index in [-0.39, 0.29) is 5.91 Å². The fourth-order valence-electron chi connectivity index (χ4n) is 2.23. The molecule has 0 saturated heterocycles. The van der Waals surface area contributed by atoms with Gasteiger partial charge in [0.15, 0.2) is 0 Å². The van der Waals surface area contributed by atoms with Gasteiger partial charge in [-0.1, -0.05) is 30.3 Å². The Hall–Kier alpha value is -3.34. The summed E-state index contributed by atoms with van der Waals surface area (Å²) in [6.07, 6.45) is 3.25. The van der Waals surface area contributed by atoms with Crippen molar-refractivity contribution in [2.45, 2.75) is 0 Å². The minimum Gasteiger partial charge on any atom is -0.497 e. The molecule has 24 heavy (non-hydrogen) atoms. The molecule has 5 heteroatoms. The molecule has 0 aliphatic rings. The molecule has 0 aliphatic heterocycles. The van der Waals surface area contributed by atoms with Crippen molar-refractivity contribution in [3.8, 4) is 17.0 Å². The number of aromatic amines is 1. The molecular weight excluding hydrogens is 302 g/mol. The summed E-state index contributed by atoms with van der Waals surface area (Å²) < 4.78 is 5.09. The van der Waals surface area contributed by atoms with Gasteiger partial charge in [0, 0.05) is 11.9 Å². The molecule has 3 rings (SSSR count). The molecule has 5 nitrogen and oxygen atoms in total. The molecule has 0 spiro atoms. The molecule has 1 amide bonds. The third kappa shape index (κ3) is 3.70. The van der Waals surface area contributed by atoms with Crippen molar-refractivity contribution in [2.75, 3.05) is 7.11 Å². The summed E-state index contributed by atoms with van der Waals surface area (Å²) in [4.78, 5) is 15.2. The molecule has 0 radical (unpaired) electrons. The molecule has 0 atom stereocenters. The normalized spacial score (nSPS) is 10.7. The maximum atomic E-state index is 12.1. The van der Waals surface area contributed by atoms with Gasteiger partial charge in [0.25, 0.3) is 5.91 Å². The summed E-state index contributed by atoms with van der Waals surface area (Å²) in [7, 11) is 1.61. The molecule has 0 saturated carbocycles. The van der Waals surface area contributed by atoms with Crippen LogP contribution in [0.5, 0.6) is 5.75 Å². The Bertz CT molecular complexity index is 837. The number of methoxy groups -OCH3 is 1. The van der Waals surface area contributed by atoms with Gasteiger partial charge < -0.3 is 9.72 Å². The van der Waals surface area contributed by atoms with Gasteiger partial charge in [0.1, 0.15) is 5.75 Å². The van der Waals surface area contributed by atoms with Crippen LogP contribution < -0.4 is 10.2 Å². The molecular formula is C19H17N3O2. The van der Waals surface area contributed by atoms with E-state index in [0.717, 1.165) is 22.6 Å². The van der Waals surface area contributed by atoms with Crippen LogP contribution in [0, 0.1) is 0 Å². The molecule has 120 valence electrons. The zero-order chi connectivity index (χ0) is 16.8. The lowest BCUT2D eigenvalue weighted by Gasteiger charge is -1.99. The van der Waals surface area contributed by atoms with Crippen LogP contribution in [0.25, 0.3) is 11.3 Å². The molecule has 1 aromatic heterocycles. The van der Waals surface area contributed by atoms with Crippen LogP contribution in [-0.4, -0.2) is 24.2 Å². The van der Waals surface area contributed by atoms with Crippen LogP contribution in [-0.2, 0) is 0 Å². The number of amides is 1. The number of ether oxygens (including phenoxy) is 1. The number of aromatic nitrogens is 1. The summed E-state index contributed by atoms with van der Waals surface area (Å²) >= 11 is 0. The van der Waals surface area contributed by atoms with Gasteiger partial charge in [0.2, 0.25) is 0 Å². The number of hydrogen-bond donors (Lipinski definition) is 2. The first-order chi connectivity index (χ1) is 11.8. The number of hydrazone groups is 1. The topological polar surface area (TPSA) is 66.5 Å². The van der Waals surface area contributed by atoms with Crippen molar-refractivity contribution in [2.24, 2.45) is 5.10 Å². The van der Waals surface area contributed by atoms with E-state index < -0.39 is 0 Å². The Morgan fingerprint density at radius 1 is 1.12 bits per heavy atom. The predicted molar refractivity (Wildman–Crippen MR) is 94.3 cm³/mol. The number of H-pyrrole nitrogens is 1. The van der Waals surface area contributed by atoms with E-state index in [2.05, 4.69) is 15.5 Å². The highest BCUT2D eigenvalue weighted by Gasteiger charge is 2.08. The number of nitrogens with zero attached hydrogens (tertiary/aromatic N) is 1. The molecule has 0 aliphatic carbocycles. The number of carbonyl (C=O) groups excluding carboxylic acids is 1. The molecule has 1 heterocycles. The second kappa shape index (κ2) is 7.28. The van der Waals surface area contributed by atoms with E-state index in [1.165, 1.54) is 0 Å². The highest BCUT2D eigenvalue weighted by Crippen LogP contribution is 2.18. The van der Waals surface area contributed by atoms with Crippen LogP contribution in [0.2, 0.25) is 0 Å². The second-order valence-corrected chi connectivity index (χ2v) is 5.14. The van der Waals surface area contributed by atoms with Gasteiger partial charge in [0.05, 0.1) is 18.9 Å². The summed E-state index contributed by atoms with van der Waals surface area (Å²) in [6.45, 7) is 0. The lowest BCUT2D eigenvalue weighted by Crippen LogP contribution is -2.16. The first-order valence-electron chi connectivity index (χ1n) is 7.47. The highest BCUT2D eigenvalue weighted by molar-refractivity contribution is 5.95. The van der Waals surface area contributed by atoms with Gasteiger partial charge in [-0.2, -0.15) is 5.10 Å². The molecule has 2 N–H and O–H groups in total. The average molecular weight is 319 g/mol. The van der Waals surface area contributed by atoms with E-state index >= 15 is 0 Å². The van der Waals surface area contributed by atoms with Gasteiger partial charge in [-0.05, 0) is 41.5 Å². The Balaban J connectivity index is 1.62. The zero-order valence-corrected chi connectivity index (χ0v) is 13.2. The maximum Gasteiger partial charge on any atom is 0.272 e. The third-order valence-electron chi connectivity index (χ3n) is 3.53. The quantitative estimate of drug-likeness (QED) is 0.559. The van der Waals surface area contributed by atoms with Gasteiger partial charge in [-0.15, -0.1) is 0 Å². The van der Waals surface area contributed by atoms with E-state index in [0.29, 0.717) is 5.56 Å². The fraction of sp³-hybridized carbons (Fsp3) is 0.0526. The Morgan fingerprint density at radius 2 is 1.88 bits per heavy atom. The summed E-state index contributed by atoms with van der Waals surface area (Å²) in [6, 6.07) is 19.0. The summed E-state index contributed by atoms with van der Waals surface area (Å²) in [5, 5.41) is 3.98. The summed E-state index contributed by atoms with van der Waals surface area (Å²) in [5.41, 5.74) is 5.83. The van der Waals surface area contributed by atoms with E-state index in [1.54, 1.807) is 25.6 Å². The molecule has 0 unspecified atom stereocenters. The van der Waals surface area contributed by atoms with Crippen LogP contribution in [0.3, 0.4) is 0 Å². The first kappa shape index (κ1) is 15.6. The Labute approximate surface area is 140 Å². The van der Waals surface area contributed by atoms with Crippen LogP contribution >= 0.6 is 0 Å².